The first-order valence-corrected chi connectivity index (χ1v) is 11.6. The number of fused-ring (bicyclic) bond motifs is 2. The number of ether oxygens (including phenoxy) is 1. The molecule has 2 N–H and O–H groups in total. The van der Waals surface area contributed by atoms with Gasteiger partial charge in [-0.1, -0.05) is 59.8 Å². The second-order valence-corrected chi connectivity index (χ2v) is 8.55. The topological polar surface area (TPSA) is 93.8 Å². The van der Waals surface area contributed by atoms with Crippen molar-refractivity contribution in [2.45, 2.75) is 11.9 Å². The van der Waals surface area contributed by atoms with Crippen LogP contribution < -0.4 is 4.74 Å². The number of benzene rings is 3. The molecule has 0 radical (unpaired) electrons. The zero-order valence-electron chi connectivity index (χ0n) is 15.2. The smallest absolute Gasteiger partial charge is 0.455 e. The molecule has 1 aromatic heterocycles. The summed E-state index contributed by atoms with van der Waals surface area (Å²) in [4.78, 5) is 22.5. The van der Waals surface area contributed by atoms with Crippen LogP contribution in [0.2, 0.25) is 5.02 Å². The van der Waals surface area contributed by atoms with Crippen molar-refractivity contribution in [1.29, 1.82) is 0 Å². The van der Waals surface area contributed by atoms with Crippen LogP contribution in [0.25, 0.3) is 21.8 Å². The van der Waals surface area contributed by atoms with E-state index < -0.39 is 7.82 Å². The predicted molar refractivity (Wildman–Crippen MR) is 114 cm³/mol. The quantitative estimate of drug-likeness (QED) is 0.299. The Morgan fingerprint density at radius 1 is 1.14 bits per heavy atom. The Morgan fingerprint density at radius 2 is 1.90 bits per heavy atom. The van der Waals surface area contributed by atoms with Gasteiger partial charge in [0.25, 0.3) is 0 Å². The van der Waals surface area contributed by atoms with E-state index in [0.717, 1.165) is 10.8 Å². The van der Waals surface area contributed by atoms with Gasteiger partial charge in [-0.05, 0) is 23.8 Å². The van der Waals surface area contributed by atoms with E-state index in [0.29, 0.717) is 32.7 Å². The van der Waals surface area contributed by atoms with Gasteiger partial charge >= 0.3 is 7.82 Å². The molecule has 0 aliphatic heterocycles. The van der Waals surface area contributed by atoms with Gasteiger partial charge in [0.05, 0.1) is 16.1 Å². The number of thioether (sulfide) groups is 1. The third-order valence-corrected chi connectivity index (χ3v) is 5.70. The molecule has 0 saturated heterocycles. The van der Waals surface area contributed by atoms with Crippen LogP contribution in [-0.2, 0) is 15.8 Å². The molecule has 0 fully saturated rings. The number of rotatable bonds is 6. The van der Waals surface area contributed by atoms with Gasteiger partial charge in [-0.3, -0.25) is 9.09 Å². The Morgan fingerprint density at radius 3 is 2.66 bits per heavy atom. The van der Waals surface area contributed by atoms with Gasteiger partial charge in [0.1, 0.15) is 18.2 Å². The van der Waals surface area contributed by atoms with Crippen LogP contribution >= 0.6 is 31.2 Å². The molecule has 0 spiro atoms. The Kier molecular flexibility index (Phi) is 5.57. The van der Waals surface area contributed by atoms with Gasteiger partial charge in [0, 0.05) is 11.5 Å². The third-order valence-electron chi connectivity index (χ3n) is 4.27. The average Bonchev–Trinajstić information content (AvgIpc) is 3.03. The maximum absolute atomic E-state index is 11.1. The van der Waals surface area contributed by atoms with Crippen LogP contribution in [0.1, 0.15) is 0 Å². The molecule has 0 amide bonds. The highest BCUT2D eigenvalue weighted by Crippen LogP contribution is 2.39. The van der Waals surface area contributed by atoms with Crippen LogP contribution in [0.5, 0.6) is 11.5 Å². The lowest BCUT2D eigenvalue weighted by Gasteiger charge is -2.12. The maximum Gasteiger partial charge on any atom is 0.471 e. The van der Waals surface area contributed by atoms with E-state index in [1.54, 1.807) is 16.7 Å². The summed E-state index contributed by atoms with van der Waals surface area (Å²) < 4.78 is 23.4. The molecule has 0 aliphatic carbocycles. The minimum atomic E-state index is -4.62. The fourth-order valence-corrected chi connectivity index (χ4v) is 4.02. The standard InChI is InChI=1S/C19H16ClN2O5PS/c1-29-19-21-15-10-18(14(20)9-16(15)22(19)11-26-28(23,24)25)27-17-8-4-6-12-5-2-3-7-13(12)17/h2-10H,11H2,1H3,(H2,23,24,25). The van der Waals surface area contributed by atoms with Gasteiger partial charge in [-0.2, -0.15) is 0 Å². The lowest BCUT2D eigenvalue weighted by Crippen LogP contribution is -2.02. The van der Waals surface area contributed by atoms with Crippen LogP contribution in [-0.4, -0.2) is 25.6 Å². The predicted octanol–water partition coefficient (Wildman–Crippen LogP) is 5.42. The summed E-state index contributed by atoms with van der Waals surface area (Å²) in [6, 6.07) is 17.0. The zero-order valence-corrected chi connectivity index (χ0v) is 17.6. The van der Waals surface area contributed by atoms with Crippen molar-refractivity contribution in [2.75, 3.05) is 6.26 Å². The molecular formula is C19H16ClN2O5PS. The molecule has 7 nitrogen and oxygen atoms in total. The van der Waals surface area contributed by atoms with E-state index in [4.69, 9.17) is 26.1 Å². The molecule has 0 saturated carbocycles. The summed E-state index contributed by atoms with van der Waals surface area (Å²) >= 11 is 7.78. The number of imidazole rings is 1. The Bertz CT molecular complexity index is 1250. The molecule has 0 aliphatic rings. The largest absolute Gasteiger partial charge is 0.471 e. The van der Waals surface area contributed by atoms with E-state index in [1.165, 1.54) is 11.8 Å². The zero-order chi connectivity index (χ0) is 20.6. The van der Waals surface area contributed by atoms with Crippen molar-refractivity contribution in [1.82, 2.24) is 9.55 Å². The van der Waals surface area contributed by atoms with Gasteiger partial charge < -0.3 is 14.5 Å². The maximum atomic E-state index is 11.1. The Balaban J connectivity index is 1.75. The number of phosphoric acid groups is 1. The number of phosphoric ester groups is 1. The van der Waals surface area contributed by atoms with E-state index in [1.807, 2.05) is 48.7 Å². The highest BCUT2D eigenvalue weighted by molar-refractivity contribution is 7.98. The number of hydrogen-bond donors (Lipinski definition) is 2. The number of aromatic nitrogens is 2. The summed E-state index contributed by atoms with van der Waals surface area (Å²) in [5.74, 6) is 1.10. The number of hydrogen-bond acceptors (Lipinski definition) is 5. The molecule has 29 heavy (non-hydrogen) atoms. The first-order chi connectivity index (χ1) is 13.9. The summed E-state index contributed by atoms with van der Waals surface area (Å²) in [6.07, 6.45) is 1.81. The van der Waals surface area contributed by atoms with E-state index in [-0.39, 0.29) is 6.73 Å². The molecule has 10 heteroatoms. The van der Waals surface area contributed by atoms with Gasteiger partial charge in [-0.25, -0.2) is 9.55 Å². The van der Waals surface area contributed by atoms with Gasteiger partial charge in [0.2, 0.25) is 0 Å². The lowest BCUT2D eigenvalue weighted by atomic mass is 10.1. The third kappa shape index (κ3) is 4.28. The summed E-state index contributed by atoms with van der Waals surface area (Å²) in [5, 5.41) is 2.88. The van der Waals surface area contributed by atoms with Crippen molar-refractivity contribution >= 4 is 53.0 Å². The molecular weight excluding hydrogens is 435 g/mol. The molecule has 1 heterocycles. The summed E-state index contributed by atoms with van der Waals surface area (Å²) in [7, 11) is -4.62. The number of halogens is 1. The van der Waals surface area contributed by atoms with E-state index in [9.17, 15) is 4.57 Å². The molecule has 150 valence electrons. The molecule has 0 bridgehead atoms. The van der Waals surface area contributed by atoms with Crippen molar-refractivity contribution in [3.63, 3.8) is 0 Å². The molecule has 0 unspecified atom stereocenters. The van der Waals surface area contributed by atoms with Crippen LogP contribution in [0.3, 0.4) is 0 Å². The Labute approximate surface area is 175 Å². The summed E-state index contributed by atoms with van der Waals surface area (Å²) in [6.45, 7) is -0.350. The first-order valence-electron chi connectivity index (χ1n) is 8.45. The SMILES string of the molecule is CSc1nc2cc(Oc3cccc4ccccc34)c(Cl)cc2n1COP(=O)(O)O. The minimum Gasteiger partial charge on any atom is -0.455 e. The highest BCUT2D eigenvalue weighted by Gasteiger charge is 2.19. The fraction of sp³-hybridized carbons (Fsp3) is 0.105. The molecule has 4 rings (SSSR count). The highest BCUT2D eigenvalue weighted by atomic mass is 35.5. The van der Waals surface area contributed by atoms with Gasteiger partial charge in [-0.15, -0.1) is 0 Å². The van der Waals surface area contributed by atoms with Crippen molar-refractivity contribution < 1.29 is 23.6 Å². The average molecular weight is 451 g/mol. The second-order valence-electron chi connectivity index (χ2n) is 6.13. The minimum absolute atomic E-state index is 0.343. The molecule has 4 aromatic rings. The lowest BCUT2D eigenvalue weighted by molar-refractivity contribution is 0.151. The Hall–Kier alpha value is -2.06. The second kappa shape index (κ2) is 7.99. The van der Waals surface area contributed by atoms with Gasteiger partial charge in [0.15, 0.2) is 5.16 Å². The summed E-state index contributed by atoms with van der Waals surface area (Å²) in [5.41, 5.74) is 1.15. The normalized spacial score (nSPS) is 12.0. The van der Waals surface area contributed by atoms with E-state index >= 15 is 0 Å². The van der Waals surface area contributed by atoms with Crippen molar-refractivity contribution in [3.8, 4) is 11.5 Å². The molecule has 3 aromatic carbocycles. The molecule has 0 atom stereocenters. The van der Waals surface area contributed by atoms with Crippen LogP contribution in [0.15, 0.2) is 59.8 Å². The fourth-order valence-electron chi connectivity index (χ4n) is 3.00. The van der Waals surface area contributed by atoms with Crippen LogP contribution in [0, 0.1) is 0 Å². The van der Waals surface area contributed by atoms with E-state index in [2.05, 4.69) is 9.51 Å². The van der Waals surface area contributed by atoms with Crippen LogP contribution in [0.4, 0.5) is 0 Å². The first kappa shape index (κ1) is 20.2. The van der Waals surface area contributed by atoms with Crippen molar-refractivity contribution in [2.24, 2.45) is 0 Å². The number of nitrogens with zero attached hydrogens (tertiary/aromatic N) is 2. The monoisotopic (exact) mass is 450 g/mol. The van der Waals surface area contributed by atoms with Crippen molar-refractivity contribution in [3.05, 3.63) is 59.6 Å².